The number of nitrogens with zero attached hydrogens (tertiary/aromatic N) is 4. The molecule has 1 saturated carbocycles. The number of rotatable bonds is 6. The van der Waals surface area contributed by atoms with E-state index in [1.165, 1.54) is 24.9 Å². The van der Waals surface area contributed by atoms with E-state index in [-0.39, 0.29) is 28.9 Å². The Balaban J connectivity index is 1.20. The fourth-order valence-electron chi connectivity index (χ4n) is 6.21. The Morgan fingerprint density at radius 2 is 1.85 bits per heavy atom. The van der Waals surface area contributed by atoms with Crippen LogP contribution in [0.15, 0.2) is 29.4 Å². The number of carbonyl (C=O) groups excluding carboxylic acids is 1. The SMILES string of the molecule is CC(C)[C@@H]1CC[C@@H](C)C[C@H]1OC(=O)N1CCC(Oc2ncnc3c2CCN3c2ccc(S(C)(=O)=O)cc2F)CC1. The quantitative estimate of drug-likeness (QED) is 0.467. The number of hydrogen-bond acceptors (Lipinski definition) is 8. The third kappa shape index (κ3) is 6.04. The molecule has 0 radical (unpaired) electrons. The van der Waals surface area contributed by atoms with Crippen LogP contribution in [0.2, 0.25) is 0 Å². The molecule has 0 N–H and O–H groups in total. The molecule has 3 aliphatic rings. The lowest BCUT2D eigenvalue weighted by atomic mass is 9.75. The molecule has 1 aromatic carbocycles. The second-order valence-electron chi connectivity index (χ2n) is 11.8. The minimum Gasteiger partial charge on any atom is -0.474 e. The maximum absolute atomic E-state index is 14.9. The van der Waals surface area contributed by atoms with Gasteiger partial charge in [0.05, 0.1) is 16.1 Å². The van der Waals surface area contributed by atoms with Gasteiger partial charge in [0, 0.05) is 38.7 Å². The van der Waals surface area contributed by atoms with Crippen LogP contribution in [-0.2, 0) is 21.0 Å². The van der Waals surface area contributed by atoms with E-state index in [1.54, 1.807) is 9.80 Å². The number of likely N-dealkylation sites (tertiary alicyclic amines) is 1. The highest BCUT2D eigenvalue weighted by molar-refractivity contribution is 7.90. The van der Waals surface area contributed by atoms with Crippen molar-refractivity contribution in [3.8, 4) is 5.88 Å². The number of ether oxygens (including phenoxy) is 2. The van der Waals surface area contributed by atoms with Crippen molar-refractivity contribution < 1.29 is 27.1 Å². The summed E-state index contributed by atoms with van der Waals surface area (Å²) in [4.78, 5) is 25.2. The Morgan fingerprint density at radius 1 is 1.10 bits per heavy atom. The van der Waals surface area contributed by atoms with E-state index in [0.717, 1.165) is 30.7 Å². The molecule has 1 aromatic heterocycles. The molecule has 5 rings (SSSR count). The standard InChI is InChI=1S/C29H39FN4O5S/c1-18(2)22-7-5-19(3)15-26(22)39-29(35)33-12-9-20(10-13-33)38-28-23-11-14-34(27(23)31-17-32-28)25-8-6-21(16-24(25)30)40(4,36)37/h6,8,16-20,22,26H,5,7,9-15H2,1-4H3/t19-,22+,26-/m1/s1. The molecule has 0 bridgehead atoms. The van der Waals surface area contributed by atoms with Crippen molar-refractivity contribution in [1.82, 2.24) is 14.9 Å². The Bertz CT molecular complexity index is 1350. The first-order valence-electron chi connectivity index (χ1n) is 14.2. The fraction of sp³-hybridized carbons (Fsp3) is 0.621. The molecule has 2 aromatic rings. The van der Waals surface area contributed by atoms with Gasteiger partial charge in [-0.3, -0.25) is 0 Å². The van der Waals surface area contributed by atoms with Gasteiger partial charge in [0.25, 0.3) is 0 Å². The summed E-state index contributed by atoms with van der Waals surface area (Å²) in [7, 11) is -3.51. The predicted molar refractivity (Wildman–Crippen MR) is 149 cm³/mol. The van der Waals surface area contributed by atoms with E-state index in [4.69, 9.17) is 9.47 Å². The minimum atomic E-state index is -3.51. The van der Waals surface area contributed by atoms with Gasteiger partial charge in [0.2, 0.25) is 5.88 Å². The summed E-state index contributed by atoms with van der Waals surface area (Å²) in [5, 5.41) is 0. The Kier molecular flexibility index (Phi) is 8.22. The molecule has 0 spiro atoms. The zero-order valence-electron chi connectivity index (χ0n) is 23.7. The number of benzene rings is 1. The highest BCUT2D eigenvalue weighted by Gasteiger charge is 2.36. The van der Waals surface area contributed by atoms with Crippen LogP contribution in [0.3, 0.4) is 0 Å². The molecular formula is C29H39FN4O5S. The van der Waals surface area contributed by atoms with Crippen LogP contribution in [-0.4, -0.2) is 67.5 Å². The molecule has 3 atom stereocenters. The molecule has 1 aliphatic carbocycles. The third-order valence-electron chi connectivity index (χ3n) is 8.55. The molecule has 9 nitrogen and oxygen atoms in total. The summed E-state index contributed by atoms with van der Waals surface area (Å²) in [6.45, 7) is 8.22. The molecular weight excluding hydrogens is 535 g/mol. The topological polar surface area (TPSA) is 102 Å². The van der Waals surface area contributed by atoms with Crippen LogP contribution < -0.4 is 9.64 Å². The summed E-state index contributed by atoms with van der Waals surface area (Å²) in [5.41, 5.74) is 1.05. The van der Waals surface area contributed by atoms with Gasteiger partial charge in [-0.05, 0) is 55.2 Å². The van der Waals surface area contributed by atoms with Crippen molar-refractivity contribution >= 4 is 27.4 Å². The maximum Gasteiger partial charge on any atom is 0.410 e. The van der Waals surface area contributed by atoms with Gasteiger partial charge in [-0.2, -0.15) is 0 Å². The van der Waals surface area contributed by atoms with Crippen LogP contribution in [0.5, 0.6) is 5.88 Å². The first-order valence-corrected chi connectivity index (χ1v) is 16.1. The summed E-state index contributed by atoms with van der Waals surface area (Å²) < 4.78 is 50.8. The number of carbonyl (C=O) groups is 1. The second kappa shape index (κ2) is 11.5. The number of amides is 1. The van der Waals surface area contributed by atoms with E-state index >= 15 is 0 Å². The van der Waals surface area contributed by atoms with Crippen LogP contribution in [0.4, 0.5) is 20.7 Å². The number of fused-ring (bicyclic) bond motifs is 1. The van der Waals surface area contributed by atoms with Gasteiger partial charge in [0.1, 0.15) is 30.2 Å². The lowest BCUT2D eigenvalue weighted by molar-refractivity contribution is -0.0166. The van der Waals surface area contributed by atoms with E-state index in [2.05, 4.69) is 30.7 Å². The number of anilines is 2. The number of aromatic nitrogens is 2. The van der Waals surface area contributed by atoms with Crippen LogP contribution in [0.1, 0.15) is 58.4 Å². The Labute approximate surface area is 236 Å². The van der Waals surface area contributed by atoms with E-state index in [1.807, 2.05) is 0 Å². The lowest BCUT2D eigenvalue weighted by Crippen LogP contribution is -2.45. The zero-order valence-corrected chi connectivity index (χ0v) is 24.5. The number of halogens is 1. The second-order valence-corrected chi connectivity index (χ2v) is 13.8. The van der Waals surface area contributed by atoms with E-state index in [0.29, 0.717) is 68.3 Å². The summed E-state index contributed by atoms with van der Waals surface area (Å²) in [6.07, 6.45) is 7.20. The average Bonchev–Trinajstić information content (AvgIpc) is 3.33. The van der Waals surface area contributed by atoms with Crippen molar-refractivity contribution in [2.24, 2.45) is 17.8 Å². The highest BCUT2D eigenvalue weighted by atomic mass is 32.2. The molecule has 2 fully saturated rings. The van der Waals surface area contributed by atoms with Crippen molar-refractivity contribution in [3.05, 3.63) is 35.9 Å². The van der Waals surface area contributed by atoms with Gasteiger partial charge in [-0.1, -0.05) is 27.2 Å². The number of piperidine rings is 1. The summed E-state index contributed by atoms with van der Waals surface area (Å²) in [5.74, 6) is 1.86. The smallest absolute Gasteiger partial charge is 0.410 e. The molecule has 0 unspecified atom stereocenters. The predicted octanol–water partition coefficient (Wildman–Crippen LogP) is 5.15. The van der Waals surface area contributed by atoms with Crippen molar-refractivity contribution in [1.29, 1.82) is 0 Å². The molecule has 1 amide bonds. The maximum atomic E-state index is 14.9. The zero-order chi connectivity index (χ0) is 28.6. The van der Waals surface area contributed by atoms with Crippen LogP contribution >= 0.6 is 0 Å². The number of sulfone groups is 1. The highest BCUT2D eigenvalue weighted by Crippen LogP contribution is 2.39. The largest absolute Gasteiger partial charge is 0.474 e. The van der Waals surface area contributed by atoms with Gasteiger partial charge < -0.3 is 19.3 Å². The molecule has 1 saturated heterocycles. The monoisotopic (exact) mass is 574 g/mol. The van der Waals surface area contributed by atoms with Gasteiger partial charge in [-0.15, -0.1) is 0 Å². The van der Waals surface area contributed by atoms with Crippen molar-refractivity contribution in [3.63, 3.8) is 0 Å². The van der Waals surface area contributed by atoms with Crippen molar-refractivity contribution in [2.75, 3.05) is 30.8 Å². The first-order chi connectivity index (χ1) is 19.0. The normalized spacial score (nSPS) is 23.8. The van der Waals surface area contributed by atoms with Crippen molar-refractivity contribution in [2.45, 2.75) is 76.4 Å². The van der Waals surface area contributed by atoms with Gasteiger partial charge >= 0.3 is 6.09 Å². The molecule has 218 valence electrons. The molecule has 3 heterocycles. The first kappa shape index (κ1) is 28.6. The lowest BCUT2D eigenvalue weighted by Gasteiger charge is -2.38. The molecule has 40 heavy (non-hydrogen) atoms. The minimum absolute atomic E-state index is 0.0239. The Hall–Kier alpha value is -2.95. The molecule has 2 aliphatic heterocycles. The fourth-order valence-corrected chi connectivity index (χ4v) is 6.84. The van der Waals surface area contributed by atoms with Crippen LogP contribution in [0, 0.1) is 23.6 Å². The number of hydrogen-bond donors (Lipinski definition) is 0. The van der Waals surface area contributed by atoms with Gasteiger partial charge in [-0.25, -0.2) is 27.6 Å². The average molecular weight is 575 g/mol. The summed E-state index contributed by atoms with van der Waals surface area (Å²) in [6, 6.07) is 3.91. The third-order valence-corrected chi connectivity index (χ3v) is 9.66. The molecule has 11 heteroatoms. The van der Waals surface area contributed by atoms with Gasteiger partial charge in [0.15, 0.2) is 9.84 Å². The van der Waals surface area contributed by atoms with Crippen LogP contribution in [0.25, 0.3) is 0 Å². The van der Waals surface area contributed by atoms with E-state index in [9.17, 15) is 17.6 Å². The van der Waals surface area contributed by atoms with E-state index < -0.39 is 15.7 Å². The summed E-state index contributed by atoms with van der Waals surface area (Å²) >= 11 is 0. The Morgan fingerprint density at radius 3 is 2.52 bits per heavy atom.